The Labute approximate surface area is 99.4 Å². The van der Waals surface area contributed by atoms with Crippen molar-refractivity contribution in [2.45, 2.75) is 13.3 Å². The number of nitrogen functional groups attached to an aromatic ring is 1. The van der Waals surface area contributed by atoms with Gasteiger partial charge in [0.15, 0.2) is 0 Å². The van der Waals surface area contributed by atoms with Crippen molar-refractivity contribution in [3.05, 3.63) is 47.7 Å². The fourth-order valence-electron chi connectivity index (χ4n) is 1.63. The number of benzene rings is 1. The summed E-state index contributed by atoms with van der Waals surface area (Å²) >= 11 is 0. The normalized spacial score (nSPS) is 10.5. The fraction of sp³-hybridized carbons (Fsp3) is 0.231. The number of halogens is 1. The summed E-state index contributed by atoms with van der Waals surface area (Å²) in [6.45, 7) is 2.41. The van der Waals surface area contributed by atoms with Gasteiger partial charge in [-0.05, 0) is 36.8 Å². The third kappa shape index (κ3) is 2.78. The minimum absolute atomic E-state index is 0.279. The van der Waals surface area contributed by atoms with Crippen LogP contribution in [0.5, 0.6) is 0 Å². The molecule has 0 fully saturated rings. The maximum Gasteiger partial charge on any atom is 0.128 e. The van der Waals surface area contributed by atoms with Gasteiger partial charge in [-0.1, -0.05) is 0 Å². The summed E-state index contributed by atoms with van der Waals surface area (Å²) in [6, 6.07) is 6.82. The maximum atomic E-state index is 13.2. The van der Waals surface area contributed by atoms with E-state index in [1.54, 1.807) is 19.3 Å². The first-order chi connectivity index (χ1) is 8.16. The molecule has 3 nitrogen and oxygen atoms in total. The molecule has 0 aliphatic rings. The van der Waals surface area contributed by atoms with E-state index < -0.39 is 0 Å². The lowest BCUT2D eigenvalue weighted by Gasteiger charge is -2.10. The Morgan fingerprint density at radius 2 is 2.24 bits per heavy atom. The third-order valence-electron chi connectivity index (χ3n) is 2.60. The first kappa shape index (κ1) is 11.5. The molecule has 0 amide bonds. The van der Waals surface area contributed by atoms with Crippen molar-refractivity contribution in [2.75, 3.05) is 17.6 Å². The molecule has 4 heteroatoms. The van der Waals surface area contributed by atoms with Crippen LogP contribution in [0.1, 0.15) is 11.3 Å². The average Bonchev–Trinajstić information content (AvgIpc) is 2.78. The van der Waals surface area contributed by atoms with E-state index in [1.807, 2.05) is 12.1 Å². The second kappa shape index (κ2) is 4.91. The highest BCUT2D eigenvalue weighted by Gasteiger charge is 2.04. The molecule has 3 N–H and O–H groups in total. The van der Waals surface area contributed by atoms with Gasteiger partial charge < -0.3 is 15.5 Å². The van der Waals surface area contributed by atoms with Gasteiger partial charge in [0.25, 0.3) is 0 Å². The molecular weight excluding hydrogens is 219 g/mol. The van der Waals surface area contributed by atoms with Crippen molar-refractivity contribution in [3.8, 4) is 0 Å². The molecule has 0 radical (unpaired) electrons. The van der Waals surface area contributed by atoms with Gasteiger partial charge >= 0.3 is 0 Å². The molecule has 2 rings (SSSR count). The van der Waals surface area contributed by atoms with Crippen LogP contribution in [0.25, 0.3) is 0 Å². The molecule has 0 spiro atoms. The summed E-state index contributed by atoms with van der Waals surface area (Å²) < 4.78 is 18.4. The van der Waals surface area contributed by atoms with Crippen LogP contribution in [0, 0.1) is 12.7 Å². The van der Waals surface area contributed by atoms with Crippen molar-refractivity contribution >= 4 is 11.4 Å². The second-order valence-corrected chi connectivity index (χ2v) is 3.94. The van der Waals surface area contributed by atoms with Crippen LogP contribution in [0.2, 0.25) is 0 Å². The molecule has 1 aromatic carbocycles. The number of furan rings is 1. The first-order valence-electron chi connectivity index (χ1n) is 5.48. The van der Waals surface area contributed by atoms with Crippen molar-refractivity contribution in [1.29, 1.82) is 0 Å². The zero-order valence-electron chi connectivity index (χ0n) is 9.66. The summed E-state index contributed by atoms with van der Waals surface area (Å²) in [6.07, 6.45) is 2.41. The molecule has 1 aromatic heterocycles. The van der Waals surface area contributed by atoms with E-state index >= 15 is 0 Å². The largest absolute Gasteiger partial charge is 0.469 e. The van der Waals surface area contributed by atoms with Gasteiger partial charge in [-0.25, -0.2) is 4.39 Å². The Balaban J connectivity index is 1.97. The quantitative estimate of drug-likeness (QED) is 0.800. The van der Waals surface area contributed by atoms with Crippen LogP contribution in [-0.2, 0) is 6.42 Å². The SMILES string of the molecule is Cc1cc(NCCc2ccco2)c(N)cc1F. The van der Waals surface area contributed by atoms with Gasteiger partial charge in [-0.3, -0.25) is 0 Å². The number of nitrogens with two attached hydrogens (primary N) is 1. The van der Waals surface area contributed by atoms with Crippen molar-refractivity contribution < 1.29 is 8.81 Å². The van der Waals surface area contributed by atoms with Gasteiger partial charge in [-0.2, -0.15) is 0 Å². The summed E-state index contributed by atoms with van der Waals surface area (Å²) in [7, 11) is 0. The zero-order valence-corrected chi connectivity index (χ0v) is 9.66. The van der Waals surface area contributed by atoms with Gasteiger partial charge in [0.2, 0.25) is 0 Å². The Morgan fingerprint density at radius 1 is 1.41 bits per heavy atom. The highest BCUT2D eigenvalue weighted by Crippen LogP contribution is 2.22. The van der Waals surface area contributed by atoms with E-state index in [-0.39, 0.29) is 5.82 Å². The van der Waals surface area contributed by atoms with Crippen LogP contribution in [0.15, 0.2) is 34.9 Å². The lowest BCUT2D eigenvalue weighted by atomic mass is 10.1. The molecule has 0 aliphatic heterocycles. The highest BCUT2D eigenvalue weighted by molar-refractivity contribution is 5.67. The lowest BCUT2D eigenvalue weighted by molar-refractivity contribution is 0.513. The molecule has 0 unspecified atom stereocenters. The van der Waals surface area contributed by atoms with Gasteiger partial charge in [0, 0.05) is 13.0 Å². The van der Waals surface area contributed by atoms with Crippen molar-refractivity contribution in [3.63, 3.8) is 0 Å². The Morgan fingerprint density at radius 3 is 2.94 bits per heavy atom. The van der Waals surface area contributed by atoms with Crippen LogP contribution in [-0.4, -0.2) is 6.54 Å². The van der Waals surface area contributed by atoms with Gasteiger partial charge in [0.1, 0.15) is 11.6 Å². The topological polar surface area (TPSA) is 51.2 Å². The number of anilines is 2. The highest BCUT2D eigenvalue weighted by atomic mass is 19.1. The van der Waals surface area contributed by atoms with Crippen LogP contribution >= 0.6 is 0 Å². The molecule has 2 aromatic rings. The molecule has 0 atom stereocenters. The standard InChI is InChI=1S/C13H15FN2O/c1-9-7-13(12(15)8-11(9)14)16-5-4-10-3-2-6-17-10/h2-3,6-8,16H,4-5,15H2,1H3. The summed E-state index contributed by atoms with van der Waals surface area (Å²) in [5.41, 5.74) is 7.49. The van der Waals surface area contributed by atoms with Crippen LogP contribution < -0.4 is 11.1 Å². The predicted molar refractivity (Wildman–Crippen MR) is 66.5 cm³/mol. The summed E-state index contributed by atoms with van der Waals surface area (Å²) in [5, 5.41) is 3.17. The zero-order chi connectivity index (χ0) is 12.3. The number of aryl methyl sites for hydroxylation is 1. The monoisotopic (exact) mass is 234 g/mol. The van der Waals surface area contributed by atoms with E-state index in [9.17, 15) is 4.39 Å². The minimum Gasteiger partial charge on any atom is -0.469 e. The number of hydrogen-bond acceptors (Lipinski definition) is 3. The van der Waals surface area contributed by atoms with E-state index in [4.69, 9.17) is 10.2 Å². The molecule has 0 bridgehead atoms. The first-order valence-corrected chi connectivity index (χ1v) is 5.48. The number of rotatable bonds is 4. The van der Waals surface area contributed by atoms with Crippen LogP contribution in [0.4, 0.5) is 15.8 Å². The van der Waals surface area contributed by atoms with Crippen LogP contribution in [0.3, 0.4) is 0 Å². The molecule has 0 saturated carbocycles. The third-order valence-corrected chi connectivity index (χ3v) is 2.60. The van der Waals surface area contributed by atoms with E-state index in [2.05, 4.69) is 5.32 Å². The minimum atomic E-state index is -0.279. The Bertz CT molecular complexity index is 494. The lowest BCUT2D eigenvalue weighted by Crippen LogP contribution is -2.07. The average molecular weight is 234 g/mol. The predicted octanol–water partition coefficient (Wildman–Crippen LogP) is 2.96. The summed E-state index contributed by atoms with van der Waals surface area (Å²) in [4.78, 5) is 0. The van der Waals surface area contributed by atoms with Crippen molar-refractivity contribution in [2.24, 2.45) is 0 Å². The molecule has 90 valence electrons. The van der Waals surface area contributed by atoms with Gasteiger partial charge in [-0.15, -0.1) is 0 Å². The molecule has 0 aliphatic carbocycles. The fourth-order valence-corrected chi connectivity index (χ4v) is 1.63. The Hall–Kier alpha value is -1.97. The van der Waals surface area contributed by atoms with E-state index in [0.29, 0.717) is 17.8 Å². The van der Waals surface area contributed by atoms with Gasteiger partial charge in [0.05, 0.1) is 17.6 Å². The van der Waals surface area contributed by atoms with Crippen molar-refractivity contribution in [1.82, 2.24) is 0 Å². The molecule has 0 saturated heterocycles. The Kier molecular flexibility index (Phi) is 3.32. The second-order valence-electron chi connectivity index (χ2n) is 3.94. The van der Waals surface area contributed by atoms with E-state index in [1.165, 1.54) is 6.07 Å². The number of hydrogen-bond donors (Lipinski definition) is 2. The smallest absolute Gasteiger partial charge is 0.128 e. The molecular formula is C13H15FN2O. The summed E-state index contributed by atoms with van der Waals surface area (Å²) in [5.74, 6) is 0.633. The number of nitrogens with one attached hydrogen (secondary N) is 1. The molecule has 17 heavy (non-hydrogen) atoms. The molecule has 1 heterocycles. The van der Waals surface area contributed by atoms with E-state index in [0.717, 1.165) is 17.9 Å². The maximum absolute atomic E-state index is 13.2.